The third kappa shape index (κ3) is 6.03. The summed E-state index contributed by atoms with van der Waals surface area (Å²) in [5.41, 5.74) is 8.94. The van der Waals surface area contributed by atoms with Gasteiger partial charge in [-0.2, -0.15) is 0 Å². The van der Waals surface area contributed by atoms with Crippen LogP contribution in [0, 0.1) is 0 Å². The van der Waals surface area contributed by atoms with Crippen LogP contribution in [0.1, 0.15) is 15.9 Å². The maximum atomic E-state index is 12.2. The smallest absolute Gasteiger partial charge is 0.342 e. The molecular weight excluding hydrogens is 458 g/mol. The number of hydrogen-bond donors (Lipinski definition) is 6. The van der Waals surface area contributed by atoms with E-state index in [0.717, 1.165) is 0 Å². The fourth-order valence-electron chi connectivity index (χ4n) is 2.46. The number of amides is 2. The molecule has 0 aliphatic heterocycles. The lowest BCUT2D eigenvalue weighted by Crippen LogP contribution is -2.48. The van der Waals surface area contributed by atoms with Crippen molar-refractivity contribution in [1.82, 2.24) is 10.6 Å². The zero-order chi connectivity index (χ0) is 22.3. The highest BCUT2D eigenvalue weighted by atomic mass is 79.9. The maximum absolute atomic E-state index is 12.2. The SMILES string of the molecule is NC(N)=Nc1cccc(C(=O)NCC(=O)NCC(O)(C(=O)O)c2cccc(Br)c2)c1. The zero-order valence-corrected chi connectivity index (χ0v) is 17.2. The molecule has 0 aromatic heterocycles. The summed E-state index contributed by atoms with van der Waals surface area (Å²) >= 11 is 3.20. The van der Waals surface area contributed by atoms with Gasteiger partial charge in [-0.1, -0.05) is 34.1 Å². The van der Waals surface area contributed by atoms with Gasteiger partial charge >= 0.3 is 5.97 Å². The Morgan fingerprint density at radius 2 is 1.77 bits per heavy atom. The van der Waals surface area contributed by atoms with Gasteiger partial charge < -0.3 is 32.3 Å². The average Bonchev–Trinajstić information content (AvgIpc) is 2.69. The number of nitrogens with zero attached hydrogens (tertiary/aromatic N) is 1. The van der Waals surface area contributed by atoms with Crippen molar-refractivity contribution in [2.24, 2.45) is 16.5 Å². The first-order valence-electron chi connectivity index (χ1n) is 8.58. The van der Waals surface area contributed by atoms with Crippen LogP contribution < -0.4 is 22.1 Å². The van der Waals surface area contributed by atoms with Crippen LogP contribution in [0.5, 0.6) is 0 Å². The van der Waals surface area contributed by atoms with E-state index in [4.69, 9.17) is 11.5 Å². The fourth-order valence-corrected chi connectivity index (χ4v) is 2.86. The molecule has 2 rings (SSSR count). The van der Waals surface area contributed by atoms with Crippen LogP contribution in [0.2, 0.25) is 0 Å². The molecule has 0 saturated carbocycles. The zero-order valence-electron chi connectivity index (χ0n) is 15.6. The van der Waals surface area contributed by atoms with Crippen molar-refractivity contribution in [3.05, 3.63) is 64.1 Å². The van der Waals surface area contributed by atoms with E-state index in [1.807, 2.05) is 0 Å². The van der Waals surface area contributed by atoms with E-state index in [-0.39, 0.29) is 17.1 Å². The summed E-state index contributed by atoms with van der Waals surface area (Å²) in [6.07, 6.45) is 0. The molecule has 0 saturated heterocycles. The molecule has 0 spiro atoms. The molecule has 158 valence electrons. The molecule has 1 atom stereocenters. The molecule has 0 bridgehead atoms. The maximum Gasteiger partial charge on any atom is 0.342 e. The van der Waals surface area contributed by atoms with Gasteiger partial charge in [-0.15, -0.1) is 0 Å². The van der Waals surface area contributed by atoms with Crippen molar-refractivity contribution in [2.45, 2.75) is 5.60 Å². The number of carbonyl (C=O) groups excluding carboxylic acids is 2. The summed E-state index contributed by atoms with van der Waals surface area (Å²) in [6, 6.07) is 12.2. The molecule has 2 amide bonds. The van der Waals surface area contributed by atoms with Crippen molar-refractivity contribution < 1.29 is 24.6 Å². The molecule has 0 aliphatic rings. The largest absolute Gasteiger partial charge is 0.479 e. The molecule has 2 aromatic rings. The van der Waals surface area contributed by atoms with Gasteiger partial charge in [0.1, 0.15) is 0 Å². The summed E-state index contributed by atoms with van der Waals surface area (Å²) < 4.78 is 0.571. The second kappa shape index (κ2) is 9.85. The number of aliphatic imine (C=N–C) groups is 1. The minimum atomic E-state index is -2.34. The van der Waals surface area contributed by atoms with Gasteiger partial charge in [0.05, 0.1) is 18.8 Å². The lowest BCUT2D eigenvalue weighted by Gasteiger charge is -2.24. The van der Waals surface area contributed by atoms with Crippen LogP contribution in [0.3, 0.4) is 0 Å². The van der Waals surface area contributed by atoms with Crippen molar-refractivity contribution in [3.63, 3.8) is 0 Å². The minimum Gasteiger partial charge on any atom is -0.479 e. The Bertz CT molecular complexity index is 993. The third-order valence-corrected chi connectivity index (χ3v) is 4.47. The van der Waals surface area contributed by atoms with Crippen molar-refractivity contribution in [1.29, 1.82) is 0 Å². The predicted octanol–water partition coefficient (Wildman–Crippen LogP) is 0.172. The number of carboxylic acid groups (broad SMARTS) is 1. The number of benzene rings is 2. The summed E-state index contributed by atoms with van der Waals surface area (Å²) in [5.74, 6) is -2.93. The molecule has 1 unspecified atom stereocenters. The summed E-state index contributed by atoms with van der Waals surface area (Å²) in [7, 11) is 0. The number of carboxylic acids is 1. The Hall–Kier alpha value is -3.44. The van der Waals surface area contributed by atoms with Crippen LogP contribution in [-0.2, 0) is 15.2 Å². The first kappa shape index (κ1) is 22.8. The second-order valence-corrected chi connectivity index (χ2v) is 7.14. The van der Waals surface area contributed by atoms with Crippen LogP contribution >= 0.6 is 15.9 Å². The fraction of sp³-hybridized carbons (Fsp3) is 0.158. The first-order chi connectivity index (χ1) is 14.1. The number of aliphatic hydroxyl groups is 1. The quantitative estimate of drug-likeness (QED) is 0.231. The van der Waals surface area contributed by atoms with Crippen LogP contribution in [0.25, 0.3) is 0 Å². The van der Waals surface area contributed by atoms with E-state index in [0.29, 0.717) is 10.2 Å². The van der Waals surface area contributed by atoms with Gasteiger partial charge in [-0.3, -0.25) is 9.59 Å². The van der Waals surface area contributed by atoms with E-state index in [1.54, 1.807) is 24.3 Å². The van der Waals surface area contributed by atoms with Crippen molar-refractivity contribution >= 4 is 45.4 Å². The normalized spacial score (nSPS) is 12.3. The Labute approximate surface area is 180 Å². The van der Waals surface area contributed by atoms with Gasteiger partial charge in [0.2, 0.25) is 11.5 Å². The predicted molar refractivity (Wildman–Crippen MR) is 113 cm³/mol. The van der Waals surface area contributed by atoms with E-state index >= 15 is 0 Å². The Morgan fingerprint density at radius 1 is 1.07 bits per heavy atom. The molecule has 30 heavy (non-hydrogen) atoms. The minimum absolute atomic E-state index is 0.0882. The molecule has 0 aliphatic carbocycles. The third-order valence-electron chi connectivity index (χ3n) is 3.97. The number of hydrogen-bond acceptors (Lipinski definition) is 5. The van der Waals surface area contributed by atoms with Crippen LogP contribution in [0.15, 0.2) is 58.0 Å². The molecule has 11 heteroatoms. The molecule has 0 heterocycles. The molecule has 0 radical (unpaired) electrons. The van der Waals surface area contributed by atoms with Gasteiger partial charge in [0.15, 0.2) is 5.96 Å². The Morgan fingerprint density at radius 3 is 2.40 bits per heavy atom. The number of nitrogens with two attached hydrogens (primary N) is 2. The first-order valence-corrected chi connectivity index (χ1v) is 9.37. The van der Waals surface area contributed by atoms with Gasteiger partial charge in [0.25, 0.3) is 5.91 Å². The average molecular weight is 478 g/mol. The molecule has 8 N–H and O–H groups in total. The monoisotopic (exact) mass is 477 g/mol. The molecule has 2 aromatic carbocycles. The van der Waals surface area contributed by atoms with Crippen LogP contribution in [-0.4, -0.2) is 47.0 Å². The number of carbonyl (C=O) groups is 3. The Balaban J connectivity index is 1.98. The Kier molecular flexibility index (Phi) is 7.50. The van der Waals surface area contributed by atoms with Gasteiger partial charge in [0, 0.05) is 10.0 Å². The number of guanidine groups is 1. The molecule has 0 fully saturated rings. The lowest BCUT2D eigenvalue weighted by atomic mass is 9.94. The molecular formula is C19H20BrN5O5. The highest BCUT2D eigenvalue weighted by Gasteiger charge is 2.38. The molecule has 10 nitrogen and oxygen atoms in total. The van der Waals surface area contributed by atoms with Crippen LogP contribution in [0.4, 0.5) is 5.69 Å². The highest BCUT2D eigenvalue weighted by Crippen LogP contribution is 2.24. The standard InChI is InChI=1S/C19H20BrN5O5/c20-13-5-2-4-12(8-13)19(30,17(28)29)10-24-15(26)9-23-16(27)11-3-1-6-14(7-11)25-18(21)22/h1-8,30H,9-10H2,(H,23,27)(H,24,26)(H,28,29)(H4,21,22,25). The summed E-state index contributed by atoms with van der Waals surface area (Å²) in [4.78, 5) is 39.7. The summed E-state index contributed by atoms with van der Waals surface area (Å²) in [6.45, 7) is -1.02. The number of halogens is 1. The van der Waals surface area contributed by atoms with E-state index in [9.17, 15) is 24.6 Å². The highest BCUT2D eigenvalue weighted by molar-refractivity contribution is 9.10. The van der Waals surface area contributed by atoms with Gasteiger partial charge in [-0.25, -0.2) is 9.79 Å². The van der Waals surface area contributed by atoms with Crippen molar-refractivity contribution in [2.75, 3.05) is 13.1 Å². The van der Waals surface area contributed by atoms with E-state index in [2.05, 4.69) is 31.6 Å². The second-order valence-electron chi connectivity index (χ2n) is 6.22. The number of aliphatic carboxylic acids is 1. The number of nitrogens with one attached hydrogen (secondary N) is 2. The number of rotatable bonds is 8. The van der Waals surface area contributed by atoms with E-state index in [1.165, 1.54) is 24.3 Å². The van der Waals surface area contributed by atoms with Gasteiger partial charge in [-0.05, 0) is 35.9 Å². The lowest BCUT2D eigenvalue weighted by molar-refractivity contribution is -0.159. The summed E-state index contributed by atoms with van der Waals surface area (Å²) in [5, 5.41) is 24.7. The topological polar surface area (TPSA) is 180 Å². The van der Waals surface area contributed by atoms with Crippen molar-refractivity contribution in [3.8, 4) is 0 Å². The van der Waals surface area contributed by atoms with E-state index < -0.39 is 36.5 Å².